The summed E-state index contributed by atoms with van der Waals surface area (Å²) in [6.07, 6.45) is 1.01. The van der Waals surface area contributed by atoms with Crippen molar-refractivity contribution in [1.82, 2.24) is 15.3 Å². The van der Waals surface area contributed by atoms with E-state index in [0.29, 0.717) is 0 Å². The van der Waals surface area contributed by atoms with Gasteiger partial charge in [0.15, 0.2) is 0 Å². The minimum atomic E-state index is 0.894. The van der Waals surface area contributed by atoms with Crippen molar-refractivity contribution in [2.45, 2.75) is 19.9 Å². The summed E-state index contributed by atoms with van der Waals surface area (Å²) in [7, 11) is 0. The minimum absolute atomic E-state index is 0.894. The van der Waals surface area contributed by atoms with Crippen LogP contribution in [0.3, 0.4) is 0 Å². The summed E-state index contributed by atoms with van der Waals surface area (Å²) in [4.78, 5) is 8.30. The van der Waals surface area contributed by atoms with Gasteiger partial charge in [-0.1, -0.05) is 18.2 Å². The number of aromatic nitrogens is 2. The van der Waals surface area contributed by atoms with Crippen molar-refractivity contribution in [2.75, 3.05) is 6.54 Å². The van der Waals surface area contributed by atoms with Gasteiger partial charge in [-0.15, -0.1) is 0 Å². The van der Waals surface area contributed by atoms with Crippen molar-refractivity contribution < 1.29 is 0 Å². The molecule has 3 aromatic rings. The Morgan fingerprint density at radius 2 is 2.10 bits per heavy atom. The average Bonchev–Trinajstić information content (AvgIpc) is 3.16. The van der Waals surface area contributed by atoms with E-state index < -0.39 is 0 Å². The van der Waals surface area contributed by atoms with E-state index in [1.807, 2.05) is 0 Å². The van der Waals surface area contributed by atoms with Gasteiger partial charge < -0.3 is 10.3 Å². The third-order valence-electron chi connectivity index (χ3n) is 4.13. The fraction of sp³-hybridized carbons (Fsp3) is 0.235. The smallest absolute Gasteiger partial charge is 0.138 e. The first-order chi connectivity index (χ1) is 10.3. The van der Waals surface area contributed by atoms with Crippen LogP contribution in [0, 0.1) is 6.92 Å². The molecule has 0 fully saturated rings. The van der Waals surface area contributed by atoms with Crippen molar-refractivity contribution in [3.05, 3.63) is 52.0 Å². The number of nitrogens with zero attached hydrogens (tertiary/aromatic N) is 1. The molecule has 3 heterocycles. The van der Waals surface area contributed by atoms with Crippen molar-refractivity contribution in [1.29, 1.82) is 0 Å². The molecule has 2 aromatic heterocycles. The number of hydrogen-bond donors (Lipinski definition) is 2. The second-order valence-electron chi connectivity index (χ2n) is 5.43. The van der Waals surface area contributed by atoms with E-state index in [2.05, 4.69) is 52.3 Å². The summed E-state index contributed by atoms with van der Waals surface area (Å²) in [6.45, 7) is 4.10. The molecule has 4 rings (SSSR count). The Balaban J connectivity index is 1.82. The third-order valence-corrected chi connectivity index (χ3v) is 4.81. The number of nitrogens with one attached hydrogen (secondary N) is 2. The molecule has 1 aliphatic heterocycles. The van der Waals surface area contributed by atoms with Crippen LogP contribution in [0.15, 0.2) is 35.0 Å². The van der Waals surface area contributed by atoms with E-state index in [1.54, 1.807) is 11.3 Å². The zero-order valence-electron chi connectivity index (χ0n) is 11.9. The molecule has 2 N–H and O–H groups in total. The molecule has 0 spiro atoms. The van der Waals surface area contributed by atoms with Gasteiger partial charge in [0, 0.05) is 25.1 Å². The average molecular weight is 295 g/mol. The summed E-state index contributed by atoms with van der Waals surface area (Å²) in [5.41, 5.74) is 7.52. The van der Waals surface area contributed by atoms with Crippen molar-refractivity contribution in [2.24, 2.45) is 0 Å². The van der Waals surface area contributed by atoms with Gasteiger partial charge in [-0.25, -0.2) is 4.98 Å². The van der Waals surface area contributed by atoms with Crippen molar-refractivity contribution in [3.8, 4) is 22.5 Å². The Hall–Kier alpha value is -1.91. The molecule has 0 amide bonds. The highest BCUT2D eigenvalue weighted by molar-refractivity contribution is 7.08. The molecule has 0 aliphatic carbocycles. The molecule has 0 radical (unpaired) electrons. The lowest BCUT2D eigenvalue weighted by atomic mass is 9.98. The van der Waals surface area contributed by atoms with Gasteiger partial charge in [0.1, 0.15) is 5.82 Å². The van der Waals surface area contributed by atoms with E-state index in [9.17, 15) is 0 Å². The summed E-state index contributed by atoms with van der Waals surface area (Å²) >= 11 is 1.74. The zero-order chi connectivity index (χ0) is 14.2. The van der Waals surface area contributed by atoms with Crippen LogP contribution in [-0.4, -0.2) is 16.5 Å². The molecule has 0 unspecified atom stereocenters. The zero-order valence-corrected chi connectivity index (χ0v) is 12.8. The number of imidazole rings is 1. The van der Waals surface area contributed by atoms with Crippen molar-refractivity contribution >= 4 is 11.3 Å². The van der Waals surface area contributed by atoms with E-state index in [1.165, 1.54) is 33.6 Å². The topological polar surface area (TPSA) is 40.7 Å². The second kappa shape index (κ2) is 5.13. The lowest BCUT2D eigenvalue weighted by molar-refractivity contribution is 0.627. The SMILES string of the molecule is Cc1c(-c2ccsc2)cccc1-c1nc2c([nH]1)CNCC2. The number of fused-ring (bicyclic) bond motifs is 1. The van der Waals surface area contributed by atoms with Crippen LogP contribution in [0.25, 0.3) is 22.5 Å². The van der Waals surface area contributed by atoms with E-state index >= 15 is 0 Å². The maximum absolute atomic E-state index is 4.81. The molecule has 0 saturated carbocycles. The minimum Gasteiger partial charge on any atom is -0.341 e. The lowest BCUT2D eigenvalue weighted by Gasteiger charge is -2.09. The molecular weight excluding hydrogens is 278 g/mol. The van der Waals surface area contributed by atoms with Crippen LogP contribution in [0.1, 0.15) is 17.0 Å². The maximum Gasteiger partial charge on any atom is 0.138 e. The Morgan fingerprint density at radius 1 is 1.19 bits per heavy atom. The Labute approximate surface area is 128 Å². The highest BCUT2D eigenvalue weighted by atomic mass is 32.1. The van der Waals surface area contributed by atoms with Crippen LogP contribution in [0.5, 0.6) is 0 Å². The van der Waals surface area contributed by atoms with Crippen molar-refractivity contribution in [3.63, 3.8) is 0 Å². The normalized spacial score (nSPS) is 14.1. The summed E-state index contributed by atoms with van der Waals surface area (Å²) < 4.78 is 0. The Morgan fingerprint density at radius 3 is 2.90 bits per heavy atom. The number of thiophene rings is 1. The highest BCUT2D eigenvalue weighted by Gasteiger charge is 2.16. The van der Waals surface area contributed by atoms with Crippen LogP contribution < -0.4 is 5.32 Å². The van der Waals surface area contributed by atoms with Crippen LogP contribution in [0.4, 0.5) is 0 Å². The van der Waals surface area contributed by atoms with E-state index in [0.717, 1.165) is 25.3 Å². The lowest BCUT2D eigenvalue weighted by Crippen LogP contribution is -2.23. The molecular formula is C17H17N3S. The van der Waals surface area contributed by atoms with Gasteiger partial charge in [0.05, 0.1) is 11.4 Å². The standard InChI is InChI=1S/C17H17N3S/c1-11-13(12-6-8-21-10-12)3-2-4-14(11)17-19-15-5-7-18-9-16(15)20-17/h2-4,6,8,10,18H,5,7,9H2,1H3,(H,19,20). The molecule has 1 aliphatic rings. The largest absolute Gasteiger partial charge is 0.341 e. The Kier molecular flexibility index (Phi) is 3.13. The van der Waals surface area contributed by atoms with Gasteiger partial charge in [-0.2, -0.15) is 11.3 Å². The van der Waals surface area contributed by atoms with Crippen LogP contribution in [-0.2, 0) is 13.0 Å². The molecule has 21 heavy (non-hydrogen) atoms. The molecule has 106 valence electrons. The molecule has 0 saturated heterocycles. The molecule has 4 heteroatoms. The van der Waals surface area contributed by atoms with Gasteiger partial charge in [-0.05, 0) is 40.4 Å². The summed E-state index contributed by atoms with van der Waals surface area (Å²) in [5.74, 6) is 0.998. The number of hydrogen-bond acceptors (Lipinski definition) is 3. The fourth-order valence-corrected chi connectivity index (χ4v) is 3.62. The predicted octanol–water partition coefficient (Wildman–Crippen LogP) is 3.76. The van der Waals surface area contributed by atoms with E-state index in [-0.39, 0.29) is 0 Å². The van der Waals surface area contributed by atoms with Crippen LogP contribution >= 0.6 is 11.3 Å². The second-order valence-corrected chi connectivity index (χ2v) is 6.21. The number of aromatic amines is 1. The van der Waals surface area contributed by atoms with Gasteiger partial charge in [0.2, 0.25) is 0 Å². The van der Waals surface area contributed by atoms with Gasteiger partial charge >= 0.3 is 0 Å². The summed E-state index contributed by atoms with van der Waals surface area (Å²) in [5, 5.41) is 7.71. The molecule has 3 nitrogen and oxygen atoms in total. The molecule has 1 aromatic carbocycles. The summed E-state index contributed by atoms with van der Waals surface area (Å²) in [6, 6.07) is 8.64. The van der Waals surface area contributed by atoms with Crippen LogP contribution in [0.2, 0.25) is 0 Å². The fourth-order valence-electron chi connectivity index (χ4n) is 2.97. The number of benzene rings is 1. The first-order valence-electron chi connectivity index (χ1n) is 7.24. The van der Waals surface area contributed by atoms with Gasteiger partial charge in [0.25, 0.3) is 0 Å². The van der Waals surface area contributed by atoms with E-state index in [4.69, 9.17) is 4.98 Å². The third kappa shape index (κ3) is 2.20. The number of rotatable bonds is 2. The first-order valence-corrected chi connectivity index (χ1v) is 8.18. The maximum atomic E-state index is 4.81. The predicted molar refractivity (Wildman–Crippen MR) is 87.5 cm³/mol. The first kappa shape index (κ1) is 12.8. The molecule has 0 atom stereocenters. The quantitative estimate of drug-likeness (QED) is 0.756. The monoisotopic (exact) mass is 295 g/mol. The number of H-pyrrole nitrogens is 1. The highest BCUT2D eigenvalue weighted by Crippen LogP contribution is 2.32. The molecule has 0 bridgehead atoms. The Bertz CT molecular complexity index is 748. The van der Waals surface area contributed by atoms with Gasteiger partial charge in [-0.3, -0.25) is 0 Å².